The largest absolute Gasteiger partial charge is 0.386 e. The predicted molar refractivity (Wildman–Crippen MR) is 98.6 cm³/mol. The van der Waals surface area contributed by atoms with E-state index in [1.54, 1.807) is 0 Å². The van der Waals surface area contributed by atoms with E-state index in [9.17, 15) is 5.11 Å². The fourth-order valence-corrected chi connectivity index (χ4v) is 2.98. The summed E-state index contributed by atoms with van der Waals surface area (Å²) in [4.78, 5) is 0. The summed E-state index contributed by atoms with van der Waals surface area (Å²) in [7, 11) is 0. The van der Waals surface area contributed by atoms with Crippen molar-refractivity contribution in [3.8, 4) is 0 Å². The molecule has 3 atom stereocenters. The van der Waals surface area contributed by atoms with Crippen molar-refractivity contribution in [3.63, 3.8) is 0 Å². The van der Waals surface area contributed by atoms with Gasteiger partial charge in [0.05, 0.1) is 12.1 Å². The lowest BCUT2D eigenvalue weighted by atomic mass is 9.94. The van der Waals surface area contributed by atoms with E-state index in [0.29, 0.717) is 0 Å². The third-order valence-corrected chi connectivity index (χ3v) is 4.34. The lowest BCUT2D eigenvalue weighted by Crippen LogP contribution is -2.29. The maximum absolute atomic E-state index is 11.0. The molecule has 0 saturated carbocycles. The molecule has 0 heterocycles. The molecule has 3 aromatic rings. The molecule has 122 valence electrons. The normalized spacial score (nSPS) is 14.8. The zero-order valence-electron chi connectivity index (χ0n) is 13.8. The van der Waals surface area contributed by atoms with Crippen molar-refractivity contribution >= 4 is 0 Å². The van der Waals surface area contributed by atoms with Gasteiger partial charge in [-0.3, -0.25) is 0 Å². The van der Waals surface area contributed by atoms with Gasteiger partial charge in [-0.15, -0.1) is 0 Å². The van der Waals surface area contributed by atoms with Crippen molar-refractivity contribution in [2.75, 3.05) is 0 Å². The number of hydrogen-bond donors (Lipinski definition) is 2. The van der Waals surface area contributed by atoms with Gasteiger partial charge in [-0.1, -0.05) is 91.0 Å². The summed E-state index contributed by atoms with van der Waals surface area (Å²) in [6.45, 7) is 2.13. The molecule has 0 saturated heterocycles. The average molecular weight is 317 g/mol. The van der Waals surface area contributed by atoms with Crippen LogP contribution < -0.4 is 5.32 Å². The smallest absolute Gasteiger partial charge is 0.0984 e. The van der Waals surface area contributed by atoms with E-state index >= 15 is 0 Å². The second-order valence-corrected chi connectivity index (χ2v) is 6.04. The zero-order valence-corrected chi connectivity index (χ0v) is 13.8. The molecule has 0 radical (unpaired) electrons. The van der Waals surface area contributed by atoms with Gasteiger partial charge < -0.3 is 10.4 Å². The Morgan fingerprint density at radius 3 is 1.54 bits per heavy atom. The topological polar surface area (TPSA) is 32.3 Å². The Balaban J connectivity index is 1.88. The Bertz CT molecular complexity index is 728. The van der Waals surface area contributed by atoms with Crippen LogP contribution in [0.1, 0.15) is 41.8 Å². The van der Waals surface area contributed by atoms with Crippen LogP contribution in [0.2, 0.25) is 0 Å². The van der Waals surface area contributed by atoms with Crippen molar-refractivity contribution in [2.45, 2.75) is 25.1 Å². The molecule has 2 N–H and O–H groups in total. The summed E-state index contributed by atoms with van der Waals surface area (Å²) in [5.74, 6) is 0. The van der Waals surface area contributed by atoms with E-state index in [0.717, 1.165) is 11.1 Å². The molecule has 0 unspecified atom stereocenters. The second-order valence-electron chi connectivity index (χ2n) is 6.04. The van der Waals surface area contributed by atoms with Crippen LogP contribution in [0.25, 0.3) is 0 Å². The molecule has 24 heavy (non-hydrogen) atoms. The summed E-state index contributed by atoms with van der Waals surface area (Å²) in [5, 5.41) is 14.6. The first-order valence-corrected chi connectivity index (χ1v) is 8.34. The number of hydrogen-bond acceptors (Lipinski definition) is 2. The first-order valence-electron chi connectivity index (χ1n) is 8.34. The average Bonchev–Trinajstić information content (AvgIpc) is 2.67. The SMILES string of the molecule is C[C@H](N[C@H](c1ccccc1)[C@H](O)c1ccccc1)c1ccccc1. The summed E-state index contributed by atoms with van der Waals surface area (Å²) in [6, 6.07) is 30.2. The lowest BCUT2D eigenvalue weighted by molar-refractivity contribution is 0.123. The highest BCUT2D eigenvalue weighted by Crippen LogP contribution is 2.31. The van der Waals surface area contributed by atoms with Crippen LogP contribution in [-0.2, 0) is 0 Å². The first-order chi connectivity index (χ1) is 11.8. The van der Waals surface area contributed by atoms with Gasteiger partial charge in [0.25, 0.3) is 0 Å². The van der Waals surface area contributed by atoms with Crippen LogP contribution in [0.15, 0.2) is 91.0 Å². The lowest BCUT2D eigenvalue weighted by Gasteiger charge is -2.28. The molecule has 3 aromatic carbocycles. The fourth-order valence-electron chi connectivity index (χ4n) is 2.98. The Kier molecular flexibility index (Phi) is 5.42. The Morgan fingerprint density at radius 2 is 1.04 bits per heavy atom. The van der Waals surface area contributed by atoms with Gasteiger partial charge in [-0.05, 0) is 23.6 Å². The molecule has 0 aliphatic heterocycles. The second kappa shape index (κ2) is 7.91. The van der Waals surface area contributed by atoms with Gasteiger partial charge in [-0.2, -0.15) is 0 Å². The molecule has 3 rings (SSSR count). The number of benzene rings is 3. The maximum atomic E-state index is 11.0. The van der Waals surface area contributed by atoms with Gasteiger partial charge in [0.2, 0.25) is 0 Å². The molecule has 0 aliphatic carbocycles. The molecular weight excluding hydrogens is 294 g/mol. The van der Waals surface area contributed by atoms with Crippen LogP contribution >= 0.6 is 0 Å². The predicted octanol–water partition coefficient (Wildman–Crippen LogP) is 4.81. The van der Waals surface area contributed by atoms with Gasteiger partial charge in [-0.25, -0.2) is 0 Å². The van der Waals surface area contributed by atoms with E-state index in [-0.39, 0.29) is 12.1 Å². The molecule has 0 aromatic heterocycles. The molecule has 2 nitrogen and oxygen atoms in total. The molecule has 0 aliphatic rings. The minimum absolute atomic E-state index is 0.134. The van der Waals surface area contributed by atoms with Gasteiger partial charge in [0.1, 0.15) is 0 Å². The first kappa shape index (κ1) is 16.4. The summed E-state index contributed by atoms with van der Waals surface area (Å²) >= 11 is 0. The van der Waals surface area contributed by atoms with Crippen LogP contribution in [0.3, 0.4) is 0 Å². The Morgan fingerprint density at radius 1 is 0.625 bits per heavy atom. The minimum atomic E-state index is -0.611. The number of rotatable bonds is 6. The van der Waals surface area contributed by atoms with E-state index in [2.05, 4.69) is 36.5 Å². The summed E-state index contributed by atoms with van der Waals surface area (Å²) in [5.41, 5.74) is 3.20. The van der Waals surface area contributed by atoms with Crippen LogP contribution in [0.4, 0.5) is 0 Å². The number of aliphatic hydroxyl groups is 1. The van der Waals surface area contributed by atoms with Crippen molar-refractivity contribution < 1.29 is 5.11 Å². The molecule has 0 spiro atoms. The van der Waals surface area contributed by atoms with Crippen LogP contribution in [0, 0.1) is 0 Å². The van der Waals surface area contributed by atoms with Crippen molar-refractivity contribution in [1.82, 2.24) is 5.32 Å². The molecule has 0 bridgehead atoms. The third-order valence-electron chi connectivity index (χ3n) is 4.34. The van der Waals surface area contributed by atoms with Crippen LogP contribution in [0.5, 0.6) is 0 Å². The van der Waals surface area contributed by atoms with E-state index in [4.69, 9.17) is 0 Å². The van der Waals surface area contributed by atoms with Crippen molar-refractivity contribution in [1.29, 1.82) is 0 Å². The molecule has 0 fully saturated rings. The quantitative estimate of drug-likeness (QED) is 0.683. The fraction of sp³-hybridized carbons (Fsp3) is 0.182. The summed E-state index contributed by atoms with van der Waals surface area (Å²) in [6.07, 6.45) is -0.611. The monoisotopic (exact) mass is 317 g/mol. The highest BCUT2D eigenvalue weighted by Gasteiger charge is 2.24. The Hall–Kier alpha value is -2.42. The Labute approximate surface area is 143 Å². The maximum Gasteiger partial charge on any atom is 0.0984 e. The minimum Gasteiger partial charge on any atom is -0.386 e. The zero-order chi connectivity index (χ0) is 16.8. The molecule has 2 heteroatoms. The molecular formula is C22H23NO. The molecule has 0 amide bonds. The van der Waals surface area contributed by atoms with Crippen LogP contribution in [-0.4, -0.2) is 5.11 Å². The standard InChI is InChI=1S/C22H23NO/c1-17(18-11-5-2-6-12-18)23-21(19-13-7-3-8-14-19)22(24)20-15-9-4-10-16-20/h2-17,21-24H,1H3/t17-,21+,22+/m0/s1. The van der Waals surface area contributed by atoms with Crippen molar-refractivity contribution in [3.05, 3.63) is 108 Å². The third kappa shape index (κ3) is 3.91. The van der Waals surface area contributed by atoms with Crippen molar-refractivity contribution in [2.24, 2.45) is 0 Å². The highest BCUT2D eigenvalue weighted by atomic mass is 16.3. The number of aliphatic hydroxyl groups excluding tert-OH is 1. The number of nitrogens with one attached hydrogen (secondary N) is 1. The van der Waals surface area contributed by atoms with E-state index in [1.807, 2.05) is 66.7 Å². The van der Waals surface area contributed by atoms with E-state index < -0.39 is 6.10 Å². The van der Waals surface area contributed by atoms with E-state index in [1.165, 1.54) is 5.56 Å². The van der Waals surface area contributed by atoms with Gasteiger partial charge in [0, 0.05) is 6.04 Å². The summed E-state index contributed by atoms with van der Waals surface area (Å²) < 4.78 is 0. The highest BCUT2D eigenvalue weighted by molar-refractivity contribution is 5.27. The van der Waals surface area contributed by atoms with Gasteiger partial charge >= 0.3 is 0 Å². The van der Waals surface area contributed by atoms with Gasteiger partial charge in [0.15, 0.2) is 0 Å².